The topological polar surface area (TPSA) is 101 Å². The van der Waals surface area contributed by atoms with Crippen molar-refractivity contribution in [3.63, 3.8) is 0 Å². The van der Waals surface area contributed by atoms with Gasteiger partial charge in [-0.15, -0.1) is 0 Å². The number of aliphatic hydroxyl groups excluding tert-OH is 1. The Morgan fingerprint density at radius 2 is 1.70 bits per heavy atom. The van der Waals surface area contributed by atoms with Gasteiger partial charge in [-0.3, -0.25) is 9.59 Å². The molecule has 0 aromatic carbocycles. The zero-order valence-electron chi connectivity index (χ0n) is 20.5. The first-order valence-electron chi connectivity index (χ1n) is 12.3. The van der Waals surface area contributed by atoms with Crippen molar-refractivity contribution in [2.75, 3.05) is 0 Å². The molecule has 0 spiro atoms. The van der Waals surface area contributed by atoms with Crippen molar-refractivity contribution in [1.29, 1.82) is 0 Å². The van der Waals surface area contributed by atoms with E-state index in [1.165, 1.54) is 5.57 Å². The molecule has 5 nitrogen and oxygen atoms in total. The van der Waals surface area contributed by atoms with Crippen molar-refractivity contribution in [2.24, 2.45) is 33.3 Å². The van der Waals surface area contributed by atoms with E-state index in [1.807, 2.05) is 19.9 Å². The average Bonchev–Trinajstić information content (AvgIpc) is 2.75. The van der Waals surface area contributed by atoms with Crippen LogP contribution < -0.4 is 5.73 Å². The number of ketones is 1. The van der Waals surface area contributed by atoms with Gasteiger partial charge in [-0.05, 0) is 87.3 Å². The van der Waals surface area contributed by atoms with E-state index in [2.05, 4.69) is 26.8 Å². The summed E-state index contributed by atoms with van der Waals surface area (Å²) in [5, 5.41) is 20.3. The number of nitrogens with two attached hydrogens (primary N) is 1. The highest BCUT2D eigenvalue weighted by molar-refractivity contribution is 6.06. The van der Waals surface area contributed by atoms with Gasteiger partial charge in [0, 0.05) is 21.9 Å². The number of hydrogen-bond acceptors (Lipinski definition) is 4. The molecule has 0 amide bonds. The number of carbonyl (C=O) groups is 2. The van der Waals surface area contributed by atoms with E-state index in [0.29, 0.717) is 18.4 Å². The Morgan fingerprint density at radius 1 is 1.03 bits per heavy atom. The number of fused-ring (bicyclic) bond motifs is 7. The van der Waals surface area contributed by atoms with Crippen LogP contribution in [-0.2, 0) is 9.59 Å². The summed E-state index contributed by atoms with van der Waals surface area (Å²) in [5.74, 6) is -1.07. The zero-order valence-corrected chi connectivity index (χ0v) is 20.5. The number of aliphatic carboxylic acids is 1. The molecule has 0 aliphatic heterocycles. The minimum atomic E-state index is -0.735. The molecule has 5 aliphatic carbocycles. The van der Waals surface area contributed by atoms with Crippen molar-refractivity contribution in [3.8, 4) is 0 Å². The Morgan fingerprint density at radius 3 is 2.36 bits per heavy atom. The van der Waals surface area contributed by atoms with Crippen LogP contribution in [0, 0.1) is 27.6 Å². The summed E-state index contributed by atoms with van der Waals surface area (Å²) >= 11 is 0. The van der Waals surface area contributed by atoms with Gasteiger partial charge in [0.15, 0.2) is 5.76 Å². The first kappa shape index (κ1) is 22.6. The summed E-state index contributed by atoms with van der Waals surface area (Å²) in [7, 11) is 0. The molecule has 5 aliphatic rings. The van der Waals surface area contributed by atoms with E-state index >= 15 is 0 Å². The maximum absolute atomic E-state index is 12.6. The fourth-order valence-electron chi connectivity index (χ4n) is 8.30. The summed E-state index contributed by atoms with van der Waals surface area (Å²) < 4.78 is 0. The third-order valence-electron chi connectivity index (χ3n) is 10.9. The molecule has 0 radical (unpaired) electrons. The van der Waals surface area contributed by atoms with Crippen LogP contribution in [-0.4, -0.2) is 27.5 Å². The number of hydrogen-bond donors (Lipinski definition) is 3. The summed E-state index contributed by atoms with van der Waals surface area (Å²) in [6.45, 7) is 10.5. The van der Waals surface area contributed by atoms with Gasteiger partial charge in [-0.25, -0.2) is 0 Å². The lowest BCUT2D eigenvalue weighted by molar-refractivity contribution is -0.163. The molecule has 3 fully saturated rings. The molecular weight excluding hydrogens is 414 g/mol. The van der Waals surface area contributed by atoms with Gasteiger partial charge >= 0.3 is 5.97 Å². The normalized spacial score (nSPS) is 46.8. The molecule has 6 atom stereocenters. The third-order valence-corrected chi connectivity index (χ3v) is 10.9. The Bertz CT molecular complexity index is 1110. The van der Waals surface area contributed by atoms with Crippen molar-refractivity contribution in [3.05, 3.63) is 46.3 Å². The monoisotopic (exact) mass is 451 g/mol. The summed E-state index contributed by atoms with van der Waals surface area (Å²) in [6, 6.07) is 0. The van der Waals surface area contributed by atoms with Crippen molar-refractivity contribution in [2.45, 2.75) is 85.1 Å². The van der Waals surface area contributed by atoms with Crippen LogP contribution in [0.4, 0.5) is 0 Å². The molecule has 0 aromatic heterocycles. The predicted octanol–water partition coefficient (Wildman–Crippen LogP) is 5.39. The molecule has 5 rings (SSSR count). The maximum atomic E-state index is 12.6. The molecule has 3 saturated carbocycles. The Balaban J connectivity index is 1.64. The van der Waals surface area contributed by atoms with E-state index in [0.717, 1.165) is 43.3 Å². The molecule has 0 unspecified atom stereocenters. The highest BCUT2D eigenvalue weighted by Gasteiger charge is 2.67. The molecule has 5 heteroatoms. The van der Waals surface area contributed by atoms with E-state index < -0.39 is 16.9 Å². The Labute approximate surface area is 196 Å². The third kappa shape index (κ3) is 2.63. The highest BCUT2D eigenvalue weighted by atomic mass is 16.4. The van der Waals surface area contributed by atoms with Crippen LogP contribution in [0.2, 0.25) is 0 Å². The number of carbonyl (C=O) groups excluding carboxylic acids is 1. The number of carboxylic acid groups (broad SMARTS) is 1. The highest BCUT2D eigenvalue weighted by Crippen LogP contribution is 2.71. The molecule has 0 aromatic rings. The quantitative estimate of drug-likeness (QED) is 0.496. The number of carboxylic acids is 1. The van der Waals surface area contributed by atoms with Crippen LogP contribution in [0.25, 0.3) is 0 Å². The molecule has 178 valence electrons. The van der Waals surface area contributed by atoms with Crippen molar-refractivity contribution >= 4 is 11.8 Å². The van der Waals surface area contributed by atoms with E-state index in [9.17, 15) is 19.8 Å². The Hall–Kier alpha value is -2.14. The zero-order chi connectivity index (χ0) is 24.2. The second-order valence-electron chi connectivity index (χ2n) is 12.5. The van der Waals surface area contributed by atoms with Gasteiger partial charge in [-0.2, -0.15) is 0 Å². The summed E-state index contributed by atoms with van der Waals surface area (Å²) in [4.78, 5) is 24.8. The van der Waals surface area contributed by atoms with Gasteiger partial charge < -0.3 is 15.9 Å². The summed E-state index contributed by atoms with van der Waals surface area (Å²) in [6.07, 6.45) is 11.7. The van der Waals surface area contributed by atoms with Crippen molar-refractivity contribution < 1.29 is 19.8 Å². The standard InChI is InChI=1S/C28H37NO4/c1-16-17-6-7-20-26(4,18(17)14-19(30)22(16)31)11-13-28(29)21-15-25(3,23(32)33)9-8-24(21,2)10-12-27(20,28)5/h6-7,14,21,31H,8-13,15,29H2,1-5H3,(H,32,33)/t21-,24-,25-,26+,27-,28-/m1/s1. The number of allylic oxidation sites excluding steroid dienone is 6. The molecule has 4 N–H and O–H groups in total. The van der Waals surface area contributed by atoms with Gasteiger partial charge in [0.05, 0.1) is 5.41 Å². The SMILES string of the molecule is CC1=C(O)C(=O)C=C2C1=CC=C1[C@@]2(C)CC[C@@]2(N)[C@@H]3C[C@](C)(C(=O)O)CC[C@]3(C)CC[C@]12C. The second-order valence-corrected chi connectivity index (χ2v) is 12.5. The smallest absolute Gasteiger partial charge is 0.309 e. The van der Waals surface area contributed by atoms with Crippen LogP contribution in [0.1, 0.15) is 79.6 Å². The average molecular weight is 452 g/mol. The maximum Gasteiger partial charge on any atom is 0.309 e. The minimum absolute atomic E-state index is 0.0539. The molecule has 33 heavy (non-hydrogen) atoms. The first-order valence-corrected chi connectivity index (χ1v) is 12.3. The van der Waals surface area contributed by atoms with Crippen LogP contribution in [0.3, 0.4) is 0 Å². The lowest BCUT2D eigenvalue weighted by Gasteiger charge is -2.69. The molecule has 0 saturated heterocycles. The van der Waals surface area contributed by atoms with Gasteiger partial charge in [0.1, 0.15) is 0 Å². The molecular formula is C28H37NO4. The van der Waals surface area contributed by atoms with E-state index in [-0.39, 0.29) is 33.7 Å². The van der Waals surface area contributed by atoms with Crippen LogP contribution in [0.15, 0.2) is 46.3 Å². The second kappa shape index (κ2) is 6.50. The molecule has 0 bridgehead atoms. The van der Waals surface area contributed by atoms with Gasteiger partial charge in [-0.1, -0.05) is 38.5 Å². The van der Waals surface area contributed by atoms with Gasteiger partial charge in [0.25, 0.3) is 0 Å². The largest absolute Gasteiger partial charge is 0.504 e. The summed E-state index contributed by atoms with van der Waals surface area (Å²) in [5.41, 5.74) is 9.55. The first-order chi connectivity index (χ1) is 15.2. The fraction of sp³-hybridized carbons (Fsp3) is 0.643. The van der Waals surface area contributed by atoms with Gasteiger partial charge in [0.2, 0.25) is 5.78 Å². The fourth-order valence-corrected chi connectivity index (χ4v) is 8.30. The number of aliphatic hydroxyl groups is 1. The lowest BCUT2D eigenvalue weighted by atomic mass is 9.37. The van der Waals surface area contributed by atoms with E-state index in [1.54, 1.807) is 6.08 Å². The lowest BCUT2D eigenvalue weighted by Crippen LogP contribution is -2.71. The number of rotatable bonds is 1. The van der Waals surface area contributed by atoms with Crippen molar-refractivity contribution in [1.82, 2.24) is 0 Å². The molecule has 0 heterocycles. The van der Waals surface area contributed by atoms with Crippen LogP contribution in [0.5, 0.6) is 0 Å². The van der Waals surface area contributed by atoms with Crippen LogP contribution >= 0.6 is 0 Å². The van der Waals surface area contributed by atoms with E-state index in [4.69, 9.17) is 5.73 Å². The minimum Gasteiger partial charge on any atom is -0.504 e. The Kier molecular flexibility index (Phi) is 4.46. The predicted molar refractivity (Wildman–Crippen MR) is 127 cm³/mol.